The van der Waals surface area contributed by atoms with E-state index in [1.807, 2.05) is 30.3 Å². The number of hydrogen-bond donors (Lipinski definition) is 2. The Hall–Kier alpha value is -4.10. The highest BCUT2D eigenvalue weighted by Gasteiger charge is 2.45. The number of nitrogens with zero attached hydrogens (tertiary/aromatic N) is 1. The first-order valence-corrected chi connectivity index (χ1v) is 11.3. The molecule has 1 saturated heterocycles. The minimum absolute atomic E-state index is 0.0102. The summed E-state index contributed by atoms with van der Waals surface area (Å²) in [6.07, 6.45) is 0.533. The van der Waals surface area contributed by atoms with Crippen molar-refractivity contribution in [2.45, 2.75) is 19.1 Å². The highest BCUT2D eigenvalue weighted by Crippen LogP contribution is 2.40. The van der Waals surface area contributed by atoms with Gasteiger partial charge in [-0.2, -0.15) is 0 Å². The van der Waals surface area contributed by atoms with Crippen molar-refractivity contribution in [2.24, 2.45) is 0 Å². The van der Waals surface area contributed by atoms with Crippen LogP contribution in [0.25, 0.3) is 5.76 Å². The molecule has 0 radical (unpaired) electrons. The van der Waals surface area contributed by atoms with Crippen LogP contribution < -0.4 is 4.74 Å². The topological polar surface area (TPSA) is 96.3 Å². The van der Waals surface area contributed by atoms with Crippen LogP contribution in [0.5, 0.6) is 11.5 Å². The molecule has 35 heavy (non-hydrogen) atoms. The number of carbonyl (C=O) groups excluding carboxylic acids is 2. The minimum atomic E-state index is -0.776. The van der Waals surface area contributed by atoms with Gasteiger partial charge in [-0.05, 0) is 53.9 Å². The van der Waals surface area contributed by atoms with Crippen molar-refractivity contribution in [1.29, 1.82) is 0 Å². The number of methoxy groups -OCH3 is 1. The predicted molar refractivity (Wildman–Crippen MR) is 131 cm³/mol. The van der Waals surface area contributed by atoms with Crippen molar-refractivity contribution < 1.29 is 29.3 Å². The fourth-order valence-corrected chi connectivity index (χ4v) is 4.10. The second kappa shape index (κ2) is 10.9. The van der Waals surface area contributed by atoms with E-state index in [2.05, 4.69) is 0 Å². The molecule has 0 aromatic heterocycles. The van der Waals surface area contributed by atoms with Crippen molar-refractivity contribution in [3.8, 4) is 11.5 Å². The summed E-state index contributed by atoms with van der Waals surface area (Å²) in [4.78, 5) is 27.4. The van der Waals surface area contributed by atoms with Crippen LogP contribution in [0.15, 0.2) is 84.4 Å². The number of phenols is 1. The van der Waals surface area contributed by atoms with E-state index in [4.69, 9.17) is 9.47 Å². The van der Waals surface area contributed by atoms with Gasteiger partial charge < -0.3 is 24.6 Å². The van der Waals surface area contributed by atoms with Crippen LogP contribution in [-0.4, -0.2) is 47.1 Å². The van der Waals surface area contributed by atoms with E-state index < -0.39 is 17.7 Å². The molecule has 1 aliphatic rings. The van der Waals surface area contributed by atoms with Crippen LogP contribution in [0.2, 0.25) is 0 Å². The first-order valence-electron chi connectivity index (χ1n) is 11.3. The molecule has 0 aliphatic carbocycles. The molecule has 0 bridgehead atoms. The fourth-order valence-electron chi connectivity index (χ4n) is 4.10. The summed E-state index contributed by atoms with van der Waals surface area (Å²) in [7, 11) is 1.57. The quantitative estimate of drug-likeness (QED) is 0.207. The Bertz CT molecular complexity index is 1200. The summed E-state index contributed by atoms with van der Waals surface area (Å²) in [5, 5.41) is 20.8. The lowest BCUT2D eigenvalue weighted by atomic mass is 9.95. The summed E-state index contributed by atoms with van der Waals surface area (Å²) in [5.41, 5.74) is 2.05. The van der Waals surface area contributed by atoms with Crippen LogP contribution in [0.3, 0.4) is 0 Å². The normalized spacial score (nSPS) is 17.1. The Labute approximate surface area is 203 Å². The zero-order valence-electron chi connectivity index (χ0n) is 19.4. The van der Waals surface area contributed by atoms with Gasteiger partial charge in [0.15, 0.2) is 0 Å². The molecule has 0 saturated carbocycles. The standard InChI is InChI=1S/C28H27NO6/c1-34-17-5-16-29-25(20-8-12-22(30)13-9-20)24(27(32)28(29)33)26(31)21-10-14-23(15-11-21)35-18-19-6-3-2-4-7-19/h2-4,6-15,25,30-31H,5,16-18H2,1H3/b26-24+/t25-/m0/s1. The lowest BCUT2D eigenvalue weighted by Crippen LogP contribution is -2.31. The largest absolute Gasteiger partial charge is 0.508 e. The monoisotopic (exact) mass is 473 g/mol. The van der Waals surface area contributed by atoms with E-state index in [-0.39, 0.29) is 23.6 Å². The SMILES string of the molecule is COCCCN1C(=O)C(=O)/C(=C(/O)c2ccc(OCc3ccccc3)cc2)[C@@H]1c1ccc(O)cc1. The smallest absolute Gasteiger partial charge is 0.295 e. The highest BCUT2D eigenvalue weighted by atomic mass is 16.5. The third-order valence-corrected chi connectivity index (χ3v) is 5.87. The van der Waals surface area contributed by atoms with E-state index >= 15 is 0 Å². The Morgan fingerprint density at radius 2 is 1.63 bits per heavy atom. The zero-order chi connectivity index (χ0) is 24.8. The van der Waals surface area contributed by atoms with Crippen LogP contribution >= 0.6 is 0 Å². The van der Waals surface area contributed by atoms with E-state index in [9.17, 15) is 19.8 Å². The second-order valence-electron chi connectivity index (χ2n) is 8.23. The average Bonchev–Trinajstić information content (AvgIpc) is 3.13. The molecule has 1 aliphatic heterocycles. The van der Waals surface area contributed by atoms with Crippen molar-refractivity contribution in [2.75, 3.05) is 20.3 Å². The number of Topliss-reactive ketones (excluding diaryl/α,β-unsaturated/α-hetero) is 1. The zero-order valence-corrected chi connectivity index (χ0v) is 19.4. The number of ether oxygens (including phenoxy) is 2. The van der Waals surface area contributed by atoms with Crippen LogP contribution in [0, 0.1) is 0 Å². The molecule has 0 unspecified atom stereocenters. The van der Waals surface area contributed by atoms with E-state index in [1.54, 1.807) is 43.5 Å². The first kappa shape index (κ1) is 24.0. The average molecular weight is 474 g/mol. The Balaban J connectivity index is 1.63. The van der Waals surface area contributed by atoms with Crippen molar-refractivity contribution in [3.05, 3.63) is 101 Å². The van der Waals surface area contributed by atoms with Crippen molar-refractivity contribution in [3.63, 3.8) is 0 Å². The van der Waals surface area contributed by atoms with Gasteiger partial charge in [0.1, 0.15) is 23.9 Å². The highest BCUT2D eigenvalue weighted by molar-refractivity contribution is 6.46. The maximum absolute atomic E-state index is 13.0. The number of aromatic hydroxyl groups is 1. The lowest BCUT2D eigenvalue weighted by Gasteiger charge is -2.25. The molecule has 7 nitrogen and oxygen atoms in total. The molecule has 2 N–H and O–H groups in total. The van der Waals surface area contributed by atoms with E-state index in [1.165, 1.54) is 17.0 Å². The molecule has 0 spiro atoms. The Kier molecular flexibility index (Phi) is 7.48. The molecule has 1 heterocycles. The molecule has 4 rings (SSSR count). The number of rotatable bonds is 9. The van der Waals surface area contributed by atoms with Crippen LogP contribution in [-0.2, 0) is 20.9 Å². The molecule has 1 fully saturated rings. The maximum atomic E-state index is 13.0. The number of likely N-dealkylation sites (tertiary alicyclic amines) is 1. The number of carbonyl (C=O) groups is 2. The Morgan fingerprint density at radius 1 is 0.943 bits per heavy atom. The second-order valence-corrected chi connectivity index (χ2v) is 8.23. The molecule has 1 amide bonds. The third kappa shape index (κ3) is 5.36. The van der Waals surface area contributed by atoms with E-state index in [0.717, 1.165) is 5.56 Å². The molecule has 180 valence electrons. The van der Waals surface area contributed by atoms with Gasteiger partial charge in [-0.3, -0.25) is 9.59 Å². The molecule has 3 aromatic carbocycles. The number of hydrogen-bond acceptors (Lipinski definition) is 6. The summed E-state index contributed by atoms with van der Waals surface area (Å²) < 4.78 is 10.9. The van der Waals surface area contributed by atoms with Crippen LogP contribution in [0.4, 0.5) is 0 Å². The third-order valence-electron chi connectivity index (χ3n) is 5.87. The van der Waals surface area contributed by atoms with Gasteiger partial charge in [0.05, 0.1) is 11.6 Å². The van der Waals surface area contributed by atoms with Crippen LogP contribution in [0.1, 0.15) is 29.2 Å². The molecule has 1 atom stereocenters. The first-order chi connectivity index (χ1) is 17.0. The Morgan fingerprint density at radius 3 is 2.29 bits per heavy atom. The summed E-state index contributed by atoms with van der Waals surface area (Å²) in [6, 6.07) is 22.0. The number of aliphatic hydroxyl groups excluding tert-OH is 1. The molecule has 7 heteroatoms. The molecular formula is C28H27NO6. The number of ketones is 1. The van der Waals surface area contributed by atoms with E-state index in [0.29, 0.717) is 36.5 Å². The summed E-state index contributed by atoms with van der Waals surface area (Å²) in [5.74, 6) is -1.01. The maximum Gasteiger partial charge on any atom is 0.295 e. The number of aliphatic hydroxyl groups is 1. The van der Waals surface area contributed by atoms with Gasteiger partial charge in [-0.15, -0.1) is 0 Å². The fraction of sp³-hybridized carbons (Fsp3) is 0.214. The van der Waals surface area contributed by atoms with Gasteiger partial charge in [-0.1, -0.05) is 42.5 Å². The summed E-state index contributed by atoms with van der Waals surface area (Å²) >= 11 is 0. The van der Waals surface area contributed by atoms with Gasteiger partial charge >= 0.3 is 0 Å². The molecule has 3 aromatic rings. The number of amides is 1. The van der Waals surface area contributed by atoms with Gasteiger partial charge in [0, 0.05) is 25.8 Å². The van der Waals surface area contributed by atoms with Gasteiger partial charge in [0.25, 0.3) is 11.7 Å². The van der Waals surface area contributed by atoms with Crippen molar-refractivity contribution >= 4 is 17.4 Å². The van der Waals surface area contributed by atoms with Gasteiger partial charge in [-0.25, -0.2) is 0 Å². The minimum Gasteiger partial charge on any atom is -0.508 e. The van der Waals surface area contributed by atoms with Crippen molar-refractivity contribution in [1.82, 2.24) is 4.90 Å². The van der Waals surface area contributed by atoms with Gasteiger partial charge in [0.2, 0.25) is 0 Å². The lowest BCUT2D eigenvalue weighted by molar-refractivity contribution is -0.140. The number of phenolic OH excluding ortho intramolecular Hbond substituents is 1. The number of benzene rings is 3. The predicted octanol–water partition coefficient (Wildman–Crippen LogP) is 4.43. The summed E-state index contributed by atoms with van der Waals surface area (Å²) in [6.45, 7) is 1.11. The molecular weight excluding hydrogens is 446 g/mol.